The molecule has 2 aromatic carbocycles. The number of aromatic carboxylic acids is 1. The summed E-state index contributed by atoms with van der Waals surface area (Å²) in [4.78, 5) is 24.2. The predicted molar refractivity (Wildman–Crippen MR) is 99.4 cm³/mol. The van der Waals surface area contributed by atoms with Crippen LogP contribution in [0.25, 0.3) is 16.6 Å². The Hall–Kier alpha value is -3.55. The molecule has 0 amide bonds. The van der Waals surface area contributed by atoms with Gasteiger partial charge in [0.2, 0.25) is 5.43 Å². The standard InChI is InChI=1S/C20H15FN2O5/c21-13-6-11-17-19(16(13)22-7-9-1-2-9)28-15-5-10(24)3-4-14(15)23(17)8-12(18(11)25)20(26)27/h3-6,8-9,22,24H,1-2,7H2,(H,26,27). The zero-order chi connectivity index (χ0) is 19.6. The summed E-state index contributed by atoms with van der Waals surface area (Å²) in [5, 5.41) is 22.2. The molecule has 3 N–H and O–H groups in total. The first-order valence-corrected chi connectivity index (χ1v) is 8.84. The lowest BCUT2D eigenvalue weighted by molar-refractivity contribution is 0.0695. The van der Waals surface area contributed by atoms with E-state index in [1.54, 1.807) is 6.07 Å². The molecule has 0 spiro atoms. The van der Waals surface area contributed by atoms with Crippen LogP contribution in [0.5, 0.6) is 17.2 Å². The first-order valence-electron chi connectivity index (χ1n) is 8.84. The van der Waals surface area contributed by atoms with Gasteiger partial charge in [0.25, 0.3) is 0 Å². The zero-order valence-electron chi connectivity index (χ0n) is 14.5. The molecule has 1 saturated carbocycles. The van der Waals surface area contributed by atoms with Gasteiger partial charge in [0, 0.05) is 18.8 Å². The molecule has 8 heteroatoms. The van der Waals surface area contributed by atoms with Crippen LogP contribution in [0.3, 0.4) is 0 Å². The van der Waals surface area contributed by atoms with Crippen LogP contribution >= 0.6 is 0 Å². The fourth-order valence-electron chi connectivity index (χ4n) is 3.49. The lowest BCUT2D eigenvalue weighted by Gasteiger charge is -2.26. The number of hydrogen-bond donors (Lipinski definition) is 3. The Balaban J connectivity index is 1.86. The van der Waals surface area contributed by atoms with Crippen LogP contribution in [0.2, 0.25) is 0 Å². The molecule has 142 valence electrons. The highest BCUT2D eigenvalue weighted by molar-refractivity contribution is 5.98. The molecule has 7 nitrogen and oxygen atoms in total. The molecule has 1 aliphatic carbocycles. The average Bonchev–Trinajstić information content (AvgIpc) is 3.47. The van der Waals surface area contributed by atoms with Gasteiger partial charge < -0.3 is 24.8 Å². The Kier molecular flexibility index (Phi) is 3.39. The molecule has 1 aromatic heterocycles. The number of phenolic OH excluding ortho intramolecular Hbond substituents is 1. The molecule has 0 radical (unpaired) electrons. The van der Waals surface area contributed by atoms with Gasteiger partial charge in [-0.2, -0.15) is 0 Å². The number of pyridine rings is 1. The van der Waals surface area contributed by atoms with E-state index in [4.69, 9.17) is 4.74 Å². The molecule has 0 atom stereocenters. The van der Waals surface area contributed by atoms with Crippen molar-refractivity contribution in [3.8, 4) is 22.9 Å². The molecule has 0 bridgehead atoms. The summed E-state index contributed by atoms with van der Waals surface area (Å²) in [6.07, 6.45) is 3.35. The molecular weight excluding hydrogens is 367 g/mol. The van der Waals surface area contributed by atoms with E-state index in [0.717, 1.165) is 18.9 Å². The average molecular weight is 382 g/mol. The lowest BCUT2D eigenvalue weighted by atomic mass is 10.1. The Bertz CT molecular complexity index is 1230. The molecule has 0 unspecified atom stereocenters. The molecule has 3 aromatic rings. The maximum Gasteiger partial charge on any atom is 0.341 e. The third-order valence-corrected chi connectivity index (χ3v) is 5.11. The second kappa shape index (κ2) is 5.72. The molecule has 2 aliphatic rings. The highest BCUT2D eigenvalue weighted by atomic mass is 19.1. The quantitative estimate of drug-likeness (QED) is 0.500. The maximum absolute atomic E-state index is 14.9. The lowest BCUT2D eigenvalue weighted by Crippen LogP contribution is -2.21. The van der Waals surface area contributed by atoms with Crippen LogP contribution in [0.15, 0.2) is 35.3 Å². The first kappa shape index (κ1) is 16.6. The Morgan fingerprint density at radius 1 is 1.32 bits per heavy atom. The van der Waals surface area contributed by atoms with E-state index in [9.17, 15) is 24.2 Å². The van der Waals surface area contributed by atoms with Gasteiger partial charge in [0.1, 0.15) is 22.5 Å². The number of nitrogens with one attached hydrogen (secondary N) is 1. The molecule has 0 saturated heterocycles. The van der Waals surface area contributed by atoms with Crippen molar-refractivity contribution in [3.63, 3.8) is 0 Å². The fraction of sp³-hybridized carbons (Fsp3) is 0.200. The predicted octanol–water partition coefficient (Wildman–Crippen LogP) is 3.46. The van der Waals surface area contributed by atoms with E-state index in [0.29, 0.717) is 18.2 Å². The maximum atomic E-state index is 14.9. The van der Waals surface area contributed by atoms with E-state index < -0.39 is 22.8 Å². The second-order valence-electron chi connectivity index (χ2n) is 7.08. The Morgan fingerprint density at radius 3 is 2.82 bits per heavy atom. The number of carbonyl (C=O) groups is 1. The number of nitrogens with zero attached hydrogens (tertiary/aromatic N) is 1. The summed E-state index contributed by atoms with van der Waals surface area (Å²) in [5.74, 6) is -1.35. The van der Waals surface area contributed by atoms with Crippen molar-refractivity contribution in [2.45, 2.75) is 12.8 Å². The van der Waals surface area contributed by atoms with Crippen molar-refractivity contribution in [3.05, 3.63) is 52.1 Å². The summed E-state index contributed by atoms with van der Waals surface area (Å²) in [6.45, 7) is 0.573. The van der Waals surface area contributed by atoms with Crippen molar-refractivity contribution in [2.24, 2.45) is 5.92 Å². The Labute approximate surface area is 157 Å². The van der Waals surface area contributed by atoms with Crippen molar-refractivity contribution < 1.29 is 24.1 Å². The molecule has 2 heterocycles. The molecule has 1 aliphatic heterocycles. The number of fused-ring (bicyclic) bond motifs is 2. The molecule has 1 fully saturated rings. The number of anilines is 1. The van der Waals surface area contributed by atoms with Gasteiger partial charge >= 0.3 is 5.97 Å². The highest BCUT2D eigenvalue weighted by Crippen LogP contribution is 2.46. The summed E-state index contributed by atoms with van der Waals surface area (Å²) in [7, 11) is 0. The SMILES string of the molecule is O=C(O)c1cn2c3c(c(NCC4CC4)c(F)cc3c1=O)Oc1cc(O)ccc1-2. The fourth-order valence-corrected chi connectivity index (χ4v) is 3.49. The van der Waals surface area contributed by atoms with E-state index in [2.05, 4.69) is 5.32 Å². The highest BCUT2D eigenvalue weighted by Gasteiger charge is 2.29. The van der Waals surface area contributed by atoms with Crippen molar-refractivity contribution in [2.75, 3.05) is 11.9 Å². The summed E-state index contributed by atoms with van der Waals surface area (Å²) in [6, 6.07) is 5.38. The van der Waals surface area contributed by atoms with Crippen LogP contribution in [-0.2, 0) is 0 Å². The molecule has 28 heavy (non-hydrogen) atoms. The second-order valence-corrected chi connectivity index (χ2v) is 7.08. The van der Waals surface area contributed by atoms with Gasteiger partial charge in [-0.25, -0.2) is 9.18 Å². The number of hydrogen-bond acceptors (Lipinski definition) is 5. The van der Waals surface area contributed by atoms with Crippen molar-refractivity contribution >= 4 is 22.6 Å². The van der Waals surface area contributed by atoms with Gasteiger partial charge in [-0.05, 0) is 37.0 Å². The number of aromatic nitrogens is 1. The minimum atomic E-state index is -1.40. The van der Waals surface area contributed by atoms with Crippen LogP contribution in [0, 0.1) is 11.7 Å². The number of rotatable bonds is 4. The normalized spacial score (nSPS) is 14.5. The van der Waals surface area contributed by atoms with Gasteiger partial charge in [-0.1, -0.05) is 0 Å². The summed E-state index contributed by atoms with van der Waals surface area (Å²) < 4.78 is 22.3. The summed E-state index contributed by atoms with van der Waals surface area (Å²) >= 11 is 0. The van der Waals surface area contributed by atoms with Crippen LogP contribution in [-0.4, -0.2) is 27.3 Å². The van der Waals surface area contributed by atoms with Gasteiger partial charge in [-0.3, -0.25) is 4.79 Å². The number of halogens is 1. The van der Waals surface area contributed by atoms with Crippen LogP contribution in [0.1, 0.15) is 23.2 Å². The van der Waals surface area contributed by atoms with E-state index in [1.807, 2.05) is 0 Å². The van der Waals surface area contributed by atoms with Crippen molar-refractivity contribution in [1.82, 2.24) is 4.57 Å². The minimum absolute atomic E-state index is 0.0539. The van der Waals surface area contributed by atoms with Crippen LogP contribution < -0.4 is 15.5 Å². The largest absolute Gasteiger partial charge is 0.508 e. The van der Waals surface area contributed by atoms with Gasteiger partial charge in [0.05, 0.1) is 11.1 Å². The number of ether oxygens (including phenoxy) is 1. The molecule has 5 rings (SSSR count). The number of carboxylic acid groups (broad SMARTS) is 1. The van der Waals surface area contributed by atoms with E-state index >= 15 is 0 Å². The first-order chi connectivity index (χ1) is 13.4. The number of phenols is 1. The topological polar surface area (TPSA) is 101 Å². The third-order valence-electron chi connectivity index (χ3n) is 5.11. The monoisotopic (exact) mass is 382 g/mol. The van der Waals surface area contributed by atoms with E-state index in [-0.39, 0.29) is 33.8 Å². The van der Waals surface area contributed by atoms with Crippen LogP contribution in [0.4, 0.5) is 10.1 Å². The van der Waals surface area contributed by atoms with Gasteiger partial charge in [-0.15, -0.1) is 0 Å². The smallest absolute Gasteiger partial charge is 0.341 e. The molecular formula is C20H15FN2O5. The Morgan fingerprint density at radius 2 is 2.11 bits per heavy atom. The minimum Gasteiger partial charge on any atom is -0.508 e. The van der Waals surface area contributed by atoms with E-state index in [1.165, 1.54) is 22.9 Å². The summed E-state index contributed by atoms with van der Waals surface area (Å²) in [5.41, 5.74) is -0.411. The van der Waals surface area contributed by atoms with Gasteiger partial charge in [0.15, 0.2) is 17.3 Å². The van der Waals surface area contributed by atoms with Crippen molar-refractivity contribution in [1.29, 1.82) is 0 Å². The third kappa shape index (κ3) is 2.41. The number of benzene rings is 2. The zero-order valence-corrected chi connectivity index (χ0v) is 14.5. The number of aromatic hydroxyl groups is 1. The number of carboxylic acids is 1.